The molecule has 0 bridgehead atoms. The largest absolute Gasteiger partial charge is 0.461 e. The zero-order valence-electron chi connectivity index (χ0n) is 9.42. The quantitative estimate of drug-likeness (QED) is 0.808. The number of benzene rings is 1. The van der Waals surface area contributed by atoms with Crippen molar-refractivity contribution in [1.29, 1.82) is 0 Å². The van der Waals surface area contributed by atoms with Crippen LogP contribution in [0.1, 0.15) is 16.7 Å². The highest BCUT2D eigenvalue weighted by Crippen LogP contribution is 2.31. The summed E-state index contributed by atoms with van der Waals surface area (Å²) in [6.07, 6.45) is 0. The number of rotatable bonds is 4. The van der Waals surface area contributed by atoms with E-state index in [1.54, 1.807) is 25.1 Å². The molecule has 0 saturated heterocycles. The van der Waals surface area contributed by atoms with Gasteiger partial charge < -0.3 is 4.74 Å². The molecule has 94 valence electrons. The summed E-state index contributed by atoms with van der Waals surface area (Å²) in [7, 11) is 0. The first-order chi connectivity index (χ1) is 8.70. The Kier molecular flexibility index (Phi) is 4.27. The van der Waals surface area contributed by atoms with Gasteiger partial charge >= 0.3 is 5.97 Å². The lowest BCUT2D eigenvalue weighted by Crippen LogP contribution is -2.03. The van der Waals surface area contributed by atoms with Crippen molar-refractivity contribution in [3.05, 3.63) is 35.1 Å². The van der Waals surface area contributed by atoms with E-state index < -0.39 is 5.97 Å². The fourth-order valence-electron chi connectivity index (χ4n) is 1.15. The summed E-state index contributed by atoms with van der Waals surface area (Å²) >= 11 is 2.22. The predicted octanol–water partition coefficient (Wildman–Crippen LogP) is 3.01. The molecule has 2 aromatic rings. The molecule has 0 atom stereocenters. The van der Waals surface area contributed by atoms with Crippen LogP contribution in [0.25, 0.3) is 0 Å². The monoisotopic (exact) mass is 284 g/mol. The zero-order valence-corrected chi connectivity index (χ0v) is 11.1. The van der Waals surface area contributed by atoms with E-state index in [0.29, 0.717) is 9.24 Å². The third kappa shape index (κ3) is 3.05. The van der Waals surface area contributed by atoms with Gasteiger partial charge in [-0.3, -0.25) is 0 Å². The lowest BCUT2D eigenvalue weighted by Gasteiger charge is -1.97. The molecule has 0 radical (unpaired) electrons. The van der Waals surface area contributed by atoms with Crippen molar-refractivity contribution in [2.24, 2.45) is 0 Å². The Labute approximate surface area is 111 Å². The Bertz CT molecular complexity index is 559. The SMILES string of the molecule is CCOC(=O)c1nnc(Sc2ccccc2F)s1. The maximum Gasteiger partial charge on any atom is 0.369 e. The van der Waals surface area contributed by atoms with Crippen LogP contribution in [-0.2, 0) is 4.74 Å². The molecule has 0 saturated carbocycles. The van der Waals surface area contributed by atoms with Crippen LogP contribution in [0.15, 0.2) is 33.5 Å². The van der Waals surface area contributed by atoms with Gasteiger partial charge in [0.2, 0.25) is 5.01 Å². The van der Waals surface area contributed by atoms with Crippen LogP contribution in [0.4, 0.5) is 4.39 Å². The van der Waals surface area contributed by atoms with Crippen molar-refractivity contribution in [3.8, 4) is 0 Å². The number of hydrogen-bond donors (Lipinski definition) is 0. The number of ether oxygens (including phenoxy) is 1. The molecule has 2 rings (SSSR count). The van der Waals surface area contributed by atoms with E-state index in [-0.39, 0.29) is 17.4 Å². The second-order valence-electron chi connectivity index (χ2n) is 3.13. The van der Waals surface area contributed by atoms with Gasteiger partial charge in [-0.1, -0.05) is 35.2 Å². The number of carbonyl (C=O) groups is 1. The normalized spacial score (nSPS) is 10.3. The van der Waals surface area contributed by atoms with Crippen molar-refractivity contribution in [2.75, 3.05) is 6.61 Å². The Morgan fingerprint density at radius 1 is 1.44 bits per heavy atom. The van der Waals surface area contributed by atoms with Crippen molar-refractivity contribution in [2.45, 2.75) is 16.2 Å². The van der Waals surface area contributed by atoms with Crippen molar-refractivity contribution in [1.82, 2.24) is 10.2 Å². The second kappa shape index (κ2) is 5.92. The molecule has 0 amide bonds. The molecule has 0 aliphatic carbocycles. The molecule has 7 heteroatoms. The van der Waals surface area contributed by atoms with E-state index in [1.807, 2.05) is 0 Å². The minimum Gasteiger partial charge on any atom is -0.461 e. The van der Waals surface area contributed by atoms with Crippen LogP contribution in [0, 0.1) is 5.82 Å². The first-order valence-corrected chi connectivity index (χ1v) is 6.77. The van der Waals surface area contributed by atoms with Crippen molar-refractivity contribution >= 4 is 29.1 Å². The fraction of sp³-hybridized carbons (Fsp3) is 0.182. The highest BCUT2D eigenvalue weighted by Gasteiger charge is 2.15. The summed E-state index contributed by atoms with van der Waals surface area (Å²) in [5.41, 5.74) is 0. The highest BCUT2D eigenvalue weighted by atomic mass is 32.2. The highest BCUT2D eigenvalue weighted by molar-refractivity contribution is 8.01. The average Bonchev–Trinajstić information content (AvgIpc) is 2.81. The van der Waals surface area contributed by atoms with Gasteiger partial charge in [0.05, 0.1) is 11.5 Å². The maximum atomic E-state index is 13.4. The maximum absolute atomic E-state index is 13.4. The van der Waals surface area contributed by atoms with E-state index in [0.717, 1.165) is 23.1 Å². The molecular formula is C11H9FN2O2S2. The molecule has 1 aromatic heterocycles. The van der Waals surface area contributed by atoms with Crippen LogP contribution in [0.3, 0.4) is 0 Å². The number of esters is 1. The summed E-state index contributed by atoms with van der Waals surface area (Å²) in [6, 6.07) is 6.36. The minimum absolute atomic E-state index is 0.177. The Balaban J connectivity index is 2.12. The van der Waals surface area contributed by atoms with Gasteiger partial charge in [-0.25, -0.2) is 9.18 Å². The molecule has 0 fully saturated rings. The van der Waals surface area contributed by atoms with Crippen molar-refractivity contribution < 1.29 is 13.9 Å². The third-order valence-electron chi connectivity index (χ3n) is 1.89. The Morgan fingerprint density at radius 2 is 2.22 bits per heavy atom. The van der Waals surface area contributed by atoms with Crippen LogP contribution in [0.5, 0.6) is 0 Å². The molecule has 4 nitrogen and oxygen atoms in total. The lowest BCUT2D eigenvalue weighted by atomic mass is 10.4. The van der Waals surface area contributed by atoms with E-state index in [4.69, 9.17) is 4.74 Å². The van der Waals surface area contributed by atoms with Crippen molar-refractivity contribution in [3.63, 3.8) is 0 Å². The topological polar surface area (TPSA) is 52.1 Å². The zero-order chi connectivity index (χ0) is 13.0. The van der Waals surface area contributed by atoms with Gasteiger partial charge in [0, 0.05) is 0 Å². The number of aromatic nitrogens is 2. The predicted molar refractivity (Wildman–Crippen MR) is 66.4 cm³/mol. The molecule has 0 aliphatic rings. The summed E-state index contributed by atoms with van der Waals surface area (Å²) < 4.78 is 18.7. The summed E-state index contributed by atoms with van der Waals surface area (Å²) in [6.45, 7) is 2.00. The first-order valence-electron chi connectivity index (χ1n) is 5.13. The second-order valence-corrected chi connectivity index (χ2v) is 5.39. The van der Waals surface area contributed by atoms with Crippen LogP contribution >= 0.6 is 23.1 Å². The first kappa shape index (κ1) is 13.0. The molecule has 0 N–H and O–H groups in total. The lowest BCUT2D eigenvalue weighted by molar-refractivity contribution is 0.0525. The van der Waals surface area contributed by atoms with E-state index in [9.17, 15) is 9.18 Å². The van der Waals surface area contributed by atoms with E-state index in [1.165, 1.54) is 6.07 Å². The molecule has 0 aliphatic heterocycles. The molecular weight excluding hydrogens is 275 g/mol. The summed E-state index contributed by atoms with van der Waals surface area (Å²) in [4.78, 5) is 11.8. The van der Waals surface area contributed by atoms with Gasteiger partial charge in [-0.2, -0.15) is 0 Å². The summed E-state index contributed by atoms with van der Waals surface area (Å²) in [5.74, 6) is -0.828. The van der Waals surface area contributed by atoms with Gasteiger partial charge in [-0.05, 0) is 19.1 Å². The van der Waals surface area contributed by atoms with Gasteiger partial charge in [0.25, 0.3) is 0 Å². The van der Waals surface area contributed by atoms with E-state index >= 15 is 0 Å². The van der Waals surface area contributed by atoms with E-state index in [2.05, 4.69) is 10.2 Å². The number of carbonyl (C=O) groups excluding carboxylic acids is 1. The van der Waals surface area contributed by atoms with Gasteiger partial charge in [-0.15, -0.1) is 10.2 Å². The summed E-state index contributed by atoms with van der Waals surface area (Å²) in [5, 5.41) is 7.71. The van der Waals surface area contributed by atoms with Gasteiger partial charge in [0.1, 0.15) is 5.82 Å². The number of halogens is 1. The molecule has 1 heterocycles. The molecule has 18 heavy (non-hydrogen) atoms. The van der Waals surface area contributed by atoms with Crippen LogP contribution in [0.2, 0.25) is 0 Å². The number of hydrogen-bond acceptors (Lipinski definition) is 6. The number of nitrogens with zero attached hydrogens (tertiary/aromatic N) is 2. The average molecular weight is 284 g/mol. The minimum atomic E-state index is -0.504. The Hall–Kier alpha value is -1.47. The molecule has 0 spiro atoms. The van der Waals surface area contributed by atoms with Crippen LogP contribution < -0.4 is 0 Å². The third-order valence-corrected chi connectivity index (χ3v) is 3.90. The fourth-order valence-corrected chi connectivity index (χ4v) is 2.87. The Morgan fingerprint density at radius 3 is 2.94 bits per heavy atom. The standard InChI is InChI=1S/C11H9FN2O2S2/c1-2-16-10(15)9-13-14-11(18-9)17-8-6-4-3-5-7(8)12/h3-6H,2H2,1H3. The molecule has 1 aromatic carbocycles. The smallest absolute Gasteiger partial charge is 0.369 e. The van der Waals surface area contributed by atoms with Gasteiger partial charge in [0.15, 0.2) is 4.34 Å². The van der Waals surface area contributed by atoms with Crippen LogP contribution in [-0.4, -0.2) is 22.8 Å². The molecule has 0 unspecified atom stereocenters.